The van der Waals surface area contributed by atoms with Crippen LogP contribution in [0, 0.1) is 13.8 Å². The van der Waals surface area contributed by atoms with E-state index in [2.05, 4.69) is 20.6 Å². The molecule has 0 spiro atoms. The van der Waals surface area contributed by atoms with Crippen LogP contribution in [0.2, 0.25) is 0 Å². The summed E-state index contributed by atoms with van der Waals surface area (Å²) in [5.41, 5.74) is 3.22. The van der Waals surface area contributed by atoms with Crippen molar-refractivity contribution in [3.63, 3.8) is 0 Å². The monoisotopic (exact) mass is 463 g/mol. The van der Waals surface area contributed by atoms with Crippen LogP contribution in [-0.4, -0.2) is 38.2 Å². The van der Waals surface area contributed by atoms with Crippen molar-refractivity contribution in [2.24, 2.45) is 0 Å². The van der Waals surface area contributed by atoms with Crippen molar-refractivity contribution in [3.8, 4) is 17.2 Å². The lowest BCUT2D eigenvalue weighted by Gasteiger charge is -2.23. The van der Waals surface area contributed by atoms with Crippen LogP contribution in [-0.2, 0) is 4.79 Å². The maximum atomic E-state index is 12.6. The van der Waals surface area contributed by atoms with Crippen molar-refractivity contribution < 1.29 is 18.7 Å². The van der Waals surface area contributed by atoms with Gasteiger partial charge in [0, 0.05) is 0 Å². The highest BCUT2D eigenvalue weighted by atomic mass is 32.2. The number of fused-ring (bicyclic) bond motifs is 1. The highest BCUT2D eigenvalue weighted by molar-refractivity contribution is 7.99. The van der Waals surface area contributed by atoms with Crippen LogP contribution in [0.5, 0.6) is 11.5 Å². The first-order chi connectivity index (χ1) is 16.1. The SMILES string of the molecule is Cc1nn(-c2ccccc2)c(C)c1NC(=O)CSc1nnc([C@@H]2COc3ccccc3O2)o1. The smallest absolute Gasteiger partial charge is 0.277 e. The number of rotatable bonds is 6. The van der Waals surface area contributed by atoms with Crippen LogP contribution in [0.3, 0.4) is 0 Å². The van der Waals surface area contributed by atoms with Gasteiger partial charge in [-0.25, -0.2) is 4.68 Å². The summed E-state index contributed by atoms with van der Waals surface area (Å²) in [7, 11) is 0. The fourth-order valence-electron chi connectivity index (χ4n) is 3.50. The lowest BCUT2D eigenvalue weighted by Crippen LogP contribution is -2.21. The molecule has 0 radical (unpaired) electrons. The van der Waals surface area contributed by atoms with E-state index in [1.54, 1.807) is 0 Å². The van der Waals surface area contributed by atoms with Crippen molar-refractivity contribution in [1.82, 2.24) is 20.0 Å². The Balaban J connectivity index is 1.20. The molecule has 0 fully saturated rings. The maximum Gasteiger partial charge on any atom is 0.277 e. The molecule has 168 valence electrons. The molecule has 2 aromatic carbocycles. The van der Waals surface area contributed by atoms with Crippen LogP contribution in [0.1, 0.15) is 23.4 Å². The highest BCUT2D eigenvalue weighted by Crippen LogP contribution is 2.36. The Hall–Kier alpha value is -3.79. The molecule has 1 N–H and O–H groups in total. The normalized spacial score (nSPS) is 14.8. The molecule has 1 aliphatic rings. The summed E-state index contributed by atoms with van der Waals surface area (Å²) in [4.78, 5) is 12.6. The summed E-state index contributed by atoms with van der Waals surface area (Å²) in [6, 6.07) is 17.2. The Kier molecular flexibility index (Phi) is 5.74. The zero-order chi connectivity index (χ0) is 22.8. The maximum absolute atomic E-state index is 12.6. The van der Waals surface area contributed by atoms with Gasteiger partial charge in [0.1, 0.15) is 6.61 Å². The van der Waals surface area contributed by atoms with Gasteiger partial charge in [-0.3, -0.25) is 4.79 Å². The standard InChI is InChI=1S/C23H21N5O4S/c1-14-21(15(2)28(27-14)16-8-4-3-5-9-16)24-20(29)13-33-23-26-25-22(32-23)19-12-30-17-10-6-7-11-18(17)31-19/h3-11,19H,12-13H2,1-2H3,(H,24,29)/t19-/m0/s1. The van der Waals surface area contributed by atoms with Crippen molar-refractivity contribution in [2.45, 2.75) is 25.2 Å². The molecule has 0 saturated carbocycles. The zero-order valence-corrected chi connectivity index (χ0v) is 18.8. The summed E-state index contributed by atoms with van der Waals surface area (Å²) >= 11 is 1.16. The van der Waals surface area contributed by atoms with E-state index in [1.807, 2.05) is 73.1 Å². The lowest BCUT2D eigenvalue weighted by molar-refractivity contribution is -0.113. The van der Waals surface area contributed by atoms with Gasteiger partial charge in [-0.05, 0) is 38.1 Å². The third-order valence-electron chi connectivity index (χ3n) is 5.09. The van der Waals surface area contributed by atoms with E-state index in [1.165, 1.54) is 0 Å². The minimum absolute atomic E-state index is 0.113. The Labute approximate surface area is 194 Å². The molecule has 1 atom stereocenters. The number of hydrogen-bond donors (Lipinski definition) is 1. The van der Waals surface area contributed by atoms with E-state index in [0.29, 0.717) is 23.1 Å². The molecule has 0 saturated heterocycles. The zero-order valence-electron chi connectivity index (χ0n) is 18.0. The molecule has 0 bridgehead atoms. The van der Waals surface area contributed by atoms with Gasteiger partial charge in [-0.2, -0.15) is 5.10 Å². The van der Waals surface area contributed by atoms with Gasteiger partial charge in [0.25, 0.3) is 11.1 Å². The van der Waals surface area contributed by atoms with Gasteiger partial charge < -0.3 is 19.2 Å². The molecule has 5 rings (SSSR count). The second-order valence-electron chi connectivity index (χ2n) is 7.40. The minimum Gasteiger partial charge on any atom is -0.485 e. The van der Waals surface area contributed by atoms with Crippen molar-refractivity contribution in [1.29, 1.82) is 0 Å². The first-order valence-corrected chi connectivity index (χ1v) is 11.3. The molecule has 2 aromatic heterocycles. The van der Waals surface area contributed by atoms with E-state index in [-0.39, 0.29) is 23.5 Å². The average molecular weight is 464 g/mol. The molecule has 1 aliphatic heterocycles. The van der Waals surface area contributed by atoms with Crippen LogP contribution >= 0.6 is 11.8 Å². The van der Waals surface area contributed by atoms with Crippen molar-refractivity contribution in [2.75, 3.05) is 17.7 Å². The van der Waals surface area contributed by atoms with Crippen LogP contribution in [0.4, 0.5) is 5.69 Å². The Bertz CT molecular complexity index is 1290. The predicted octanol–water partition coefficient (Wildman–Crippen LogP) is 4.12. The Morgan fingerprint density at radius 1 is 1.09 bits per heavy atom. The van der Waals surface area contributed by atoms with Crippen molar-refractivity contribution in [3.05, 3.63) is 71.9 Å². The fraction of sp³-hybridized carbons (Fsp3) is 0.217. The number of nitrogens with one attached hydrogen (secondary N) is 1. The van der Waals surface area contributed by atoms with Gasteiger partial charge in [0.2, 0.25) is 12.0 Å². The molecule has 33 heavy (non-hydrogen) atoms. The number of amides is 1. The van der Waals surface area contributed by atoms with Gasteiger partial charge in [-0.1, -0.05) is 42.1 Å². The van der Waals surface area contributed by atoms with E-state index in [0.717, 1.165) is 28.8 Å². The molecule has 10 heteroatoms. The predicted molar refractivity (Wildman–Crippen MR) is 122 cm³/mol. The molecule has 3 heterocycles. The van der Waals surface area contributed by atoms with Gasteiger partial charge >= 0.3 is 0 Å². The van der Waals surface area contributed by atoms with Crippen molar-refractivity contribution >= 4 is 23.4 Å². The number of anilines is 1. The topological polar surface area (TPSA) is 104 Å². The summed E-state index contributed by atoms with van der Waals surface area (Å²) in [5.74, 6) is 1.54. The molecule has 9 nitrogen and oxygen atoms in total. The average Bonchev–Trinajstić information content (AvgIpc) is 3.43. The number of ether oxygens (including phenoxy) is 2. The highest BCUT2D eigenvalue weighted by Gasteiger charge is 2.27. The van der Waals surface area contributed by atoms with Gasteiger partial charge in [0.05, 0.1) is 28.5 Å². The number of para-hydroxylation sites is 3. The van der Waals surface area contributed by atoms with Gasteiger partial charge in [-0.15, -0.1) is 10.2 Å². The molecule has 1 amide bonds. The van der Waals surface area contributed by atoms with Crippen LogP contribution in [0.15, 0.2) is 64.2 Å². The summed E-state index contributed by atoms with van der Waals surface area (Å²) in [5, 5.41) is 15.9. The number of thioether (sulfide) groups is 1. The van der Waals surface area contributed by atoms with Gasteiger partial charge in [0.15, 0.2) is 11.5 Å². The number of carbonyl (C=O) groups excluding carboxylic acids is 1. The second kappa shape index (κ2) is 8.99. The van der Waals surface area contributed by atoms with Crippen LogP contribution in [0.25, 0.3) is 5.69 Å². The molecule has 4 aromatic rings. The third-order valence-corrected chi connectivity index (χ3v) is 5.91. The molecule has 0 aliphatic carbocycles. The van der Waals surface area contributed by atoms with E-state index >= 15 is 0 Å². The first kappa shape index (κ1) is 21.1. The molecular weight excluding hydrogens is 442 g/mol. The summed E-state index contributed by atoms with van der Waals surface area (Å²) < 4.78 is 19.1. The number of hydrogen-bond acceptors (Lipinski definition) is 8. The lowest BCUT2D eigenvalue weighted by atomic mass is 10.2. The minimum atomic E-state index is -0.496. The Morgan fingerprint density at radius 2 is 1.85 bits per heavy atom. The summed E-state index contributed by atoms with van der Waals surface area (Å²) in [6.45, 7) is 4.06. The van der Waals surface area contributed by atoms with E-state index in [9.17, 15) is 4.79 Å². The number of aromatic nitrogens is 4. The first-order valence-electron chi connectivity index (χ1n) is 10.3. The number of aryl methyl sites for hydroxylation is 1. The van der Waals surface area contributed by atoms with E-state index in [4.69, 9.17) is 13.9 Å². The third kappa shape index (κ3) is 4.42. The fourth-order valence-corrected chi connectivity index (χ4v) is 4.07. The second-order valence-corrected chi connectivity index (χ2v) is 8.33. The van der Waals surface area contributed by atoms with E-state index < -0.39 is 6.10 Å². The number of benzene rings is 2. The summed E-state index contributed by atoms with van der Waals surface area (Å²) in [6.07, 6.45) is -0.496. The van der Waals surface area contributed by atoms with Crippen LogP contribution < -0.4 is 14.8 Å². The Morgan fingerprint density at radius 3 is 2.67 bits per heavy atom. The number of nitrogens with zero attached hydrogens (tertiary/aromatic N) is 4. The largest absolute Gasteiger partial charge is 0.485 e. The molecule has 0 unspecified atom stereocenters. The number of carbonyl (C=O) groups is 1. The quantitative estimate of drug-likeness (QED) is 0.426. The molecular formula is C23H21N5O4S.